The zero-order valence-electron chi connectivity index (χ0n) is 19.2. The van der Waals surface area contributed by atoms with E-state index in [1.807, 2.05) is 0 Å². The number of alkyl halides is 3. The standard InChI is InChI=1S/C24H18F6N4O4/c25-11-5-15(26)19(16(27)6-11)34-9-14(23(38)32-21(10-1-2-10)24(28,29)30)20(37)13-3-4-17(31-22(13)34)33-8-12(35)7-18(33)36/h3-6,9-10,12,21,35H,1-2,7-8H2,(H,32,38)/t12-,21?/m0/s1. The van der Waals surface area contributed by atoms with Gasteiger partial charge in [0.2, 0.25) is 11.3 Å². The average molecular weight is 540 g/mol. The smallest absolute Gasteiger partial charge is 0.391 e. The van der Waals surface area contributed by atoms with Crippen molar-refractivity contribution in [3.05, 3.63) is 63.7 Å². The van der Waals surface area contributed by atoms with Crippen molar-refractivity contribution in [2.75, 3.05) is 11.4 Å². The number of benzene rings is 1. The number of aliphatic hydroxyl groups excluding tert-OH is 1. The van der Waals surface area contributed by atoms with Crippen LogP contribution in [-0.4, -0.2) is 51.3 Å². The maximum atomic E-state index is 14.8. The molecule has 1 aliphatic heterocycles. The first-order valence-corrected chi connectivity index (χ1v) is 11.4. The molecule has 2 fully saturated rings. The molecule has 2 atom stereocenters. The molecule has 5 rings (SSSR count). The summed E-state index contributed by atoms with van der Waals surface area (Å²) in [5, 5.41) is 11.2. The van der Waals surface area contributed by atoms with Gasteiger partial charge in [0.25, 0.3) is 5.91 Å². The summed E-state index contributed by atoms with van der Waals surface area (Å²) < 4.78 is 84.3. The maximum Gasteiger partial charge on any atom is 0.408 e. The molecule has 0 radical (unpaired) electrons. The second-order valence-corrected chi connectivity index (χ2v) is 9.19. The van der Waals surface area contributed by atoms with E-state index in [1.165, 1.54) is 6.07 Å². The van der Waals surface area contributed by atoms with Gasteiger partial charge in [0.05, 0.1) is 24.5 Å². The van der Waals surface area contributed by atoms with Crippen molar-refractivity contribution in [2.24, 2.45) is 5.92 Å². The van der Waals surface area contributed by atoms with Crippen LogP contribution in [0, 0.1) is 23.4 Å². The molecular weight excluding hydrogens is 522 g/mol. The number of β-amino-alcohol motifs (C(OH)–C–C–N with tert-alkyl or cyclic N) is 1. The van der Waals surface area contributed by atoms with Crippen LogP contribution >= 0.6 is 0 Å². The van der Waals surface area contributed by atoms with E-state index < -0.39 is 81.2 Å². The predicted molar refractivity (Wildman–Crippen MR) is 120 cm³/mol. The van der Waals surface area contributed by atoms with Crippen LogP contribution in [0.5, 0.6) is 0 Å². The fraction of sp³-hybridized carbons (Fsp3) is 0.333. The number of hydrogen-bond acceptors (Lipinski definition) is 5. The number of amides is 2. The third kappa shape index (κ3) is 4.59. The number of aliphatic hydroxyl groups is 1. The van der Waals surface area contributed by atoms with Crippen LogP contribution in [0.25, 0.3) is 16.7 Å². The summed E-state index contributed by atoms with van der Waals surface area (Å²) in [6.45, 7) is -0.151. The molecule has 1 unspecified atom stereocenters. The van der Waals surface area contributed by atoms with Gasteiger partial charge in [-0.2, -0.15) is 13.2 Å². The Morgan fingerprint density at radius 3 is 2.32 bits per heavy atom. The van der Waals surface area contributed by atoms with Crippen molar-refractivity contribution in [1.29, 1.82) is 0 Å². The lowest BCUT2D eigenvalue weighted by Crippen LogP contribution is -2.48. The normalized spacial score (nSPS) is 18.8. The number of nitrogens with one attached hydrogen (secondary N) is 1. The number of halogens is 6. The first-order valence-electron chi connectivity index (χ1n) is 11.4. The van der Waals surface area contributed by atoms with Crippen LogP contribution in [0.15, 0.2) is 35.3 Å². The number of anilines is 1. The Hall–Kier alpha value is -3.94. The van der Waals surface area contributed by atoms with E-state index in [0.717, 1.165) is 11.0 Å². The van der Waals surface area contributed by atoms with Crippen LogP contribution in [0.3, 0.4) is 0 Å². The highest BCUT2D eigenvalue weighted by Crippen LogP contribution is 2.40. The van der Waals surface area contributed by atoms with E-state index in [9.17, 15) is 45.8 Å². The average Bonchev–Trinajstić information content (AvgIpc) is 3.59. The van der Waals surface area contributed by atoms with Crippen molar-refractivity contribution in [3.8, 4) is 5.69 Å². The van der Waals surface area contributed by atoms with Gasteiger partial charge >= 0.3 is 6.18 Å². The highest BCUT2D eigenvalue weighted by molar-refractivity contribution is 5.99. The zero-order valence-corrected chi connectivity index (χ0v) is 19.2. The molecule has 2 aliphatic rings. The topological polar surface area (TPSA) is 105 Å². The van der Waals surface area contributed by atoms with Gasteiger partial charge in [0.15, 0.2) is 17.3 Å². The van der Waals surface area contributed by atoms with Crippen LogP contribution in [0.2, 0.25) is 0 Å². The highest BCUT2D eigenvalue weighted by atomic mass is 19.4. The van der Waals surface area contributed by atoms with Gasteiger partial charge in [-0.05, 0) is 30.9 Å². The molecule has 8 nitrogen and oxygen atoms in total. The zero-order chi connectivity index (χ0) is 27.5. The summed E-state index contributed by atoms with van der Waals surface area (Å²) >= 11 is 0. The molecule has 14 heteroatoms. The first kappa shape index (κ1) is 25.7. The monoisotopic (exact) mass is 540 g/mol. The van der Waals surface area contributed by atoms with Crippen LogP contribution < -0.4 is 15.6 Å². The number of nitrogens with zero attached hydrogens (tertiary/aromatic N) is 3. The van der Waals surface area contributed by atoms with Crippen molar-refractivity contribution >= 4 is 28.7 Å². The minimum atomic E-state index is -4.80. The molecule has 200 valence electrons. The Bertz CT molecular complexity index is 1510. The van der Waals surface area contributed by atoms with E-state index in [1.54, 1.807) is 5.32 Å². The van der Waals surface area contributed by atoms with E-state index in [-0.39, 0.29) is 31.6 Å². The molecule has 3 heterocycles. The third-order valence-electron chi connectivity index (χ3n) is 6.42. The molecule has 0 spiro atoms. The number of aromatic nitrogens is 2. The molecule has 2 amide bonds. The molecule has 2 N–H and O–H groups in total. The summed E-state index contributed by atoms with van der Waals surface area (Å²) in [6, 6.07) is 0.711. The summed E-state index contributed by atoms with van der Waals surface area (Å²) in [5.74, 6) is -7.09. The molecule has 3 aromatic rings. The Kier molecular flexibility index (Phi) is 6.16. The largest absolute Gasteiger partial charge is 0.408 e. The minimum absolute atomic E-state index is 0.0989. The highest BCUT2D eigenvalue weighted by Gasteiger charge is 2.50. The van der Waals surface area contributed by atoms with Crippen LogP contribution in [0.1, 0.15) is 29.6 Å². The number of hydrogen-bond donors (Lipinski definition) is 2. The van der Waals surface area contributed by atoms with Gasteiger partial charge in [-0.1, -0.05) is 0 Å². The molecule has 38 heavy (non-hydrogen) atoms. The van der Waals surface area contributed by atoms with E-state index >= 15 is 0 Å². The van der Waals surface area contributed by atoms with Crippen molar-refractivity contribution in [2.45, 2.75) is 37.6 Å². The number of rotatable bonds is 5. The van der Waals surface area contributed by atoms with Crippen LogP contribution in [-0.2, 0) is 4.79 Å². The van der Waals surface area contributed by atoms with Crippen molar-refractivity contribution < 1.29 is 41.0 Å². The molecule has 1 saturated carbocycles. The van der Waals surface area contributed by atoms with Crippen molar-refractivity contribution in [1.82, 2.24) is 14.9 Å². The molecule has 1 saturated heterocycles. The quantitative estimate of drug-likeness (QED) is 0.485. The lowest BCUT2D eigenvalue weighted by molar-refractivity contribution is -0.158. The summed E-state index contributed by atoms with van der Waals surface area (Å²) in [7, 11) is 0. The van der Waals surface area contributed by atoms with E-state index in [4.69, 9.17) is 0 Å². The van der Waals surface area contributed by atoms with Gasteiger partial charge in [-0.3, -0.25) is 23.9 Å². The Morgan fingerprint density at radius 1 is 1.11 bits per heavy atom. The van der Waals surface area contributed by atoms with E-state index in [0.29, 0.717) is 22.9 Å². The molecule has 1 aliphatic carbocycles. The first-order chi connectivity index (χ1) is 17.8. The second-order valence-electron chi connectivity index (χ2n) is 9.19. The van der Waals surface area contributed by atoms with Gasteiger partial charge < -0.3 is 10.4 Å². The predicted octanol–water partition coefficient (Wildman–Crippen LogP) is 2.97. The number of pyridine rings is 2. The Balaban J connectivity index is 1.70. The molecule has 1 aromatic carbocycles. The second kappa shape index (κ2) is 9.11. The molecule has 2 aromatic heterocycles. The Labute approximate surface area is 209 Å². The number of carbonyl (C=O) groups is 2. The van der Waals surface area contributed by atoms with Gasteiger partial charge in [0.1, 0.15) is 28.9 Å². The van der Waals surface area contributed by atoms with Crippen LogP contribution in [0.4, 0.5) is 32.2 Å². The number of carbonyl (C=O) groups excluding carboxylic acids is 2. The lowest BCUT2D eigenvalue weighted by Gasteiger charge is -2.22. The fourth-order valence-electron chi connectivity index (χ4n) is 4.47. The molecule has 0 bridgehead atoms. The summed E-state index contributed by atoms with van der Waals surface area (Å²) in [6.07, 6.45) is -4.96. The minimum Gasteiger partial charge on any atom is -0.391 e. The van der Waals surface area contributed by atoms with Gasteiger partial charge in [0, 0.05) is 18.3 Å². The molecular formula is C24H18F6N4O4. The van der Waals surface area contributed by atoms with Gasteiger partial charge in [-0.15, -0.1) is 0 Å². The third-order valence-corrected chi connectivity index (χ3v) is 6.42. The van der Waals surface area contributed by atoms with Crippen molar-refractivity contribution in [3.63, 3.8) is 0 Å². The lowest BCUT2D eigenvalue weighted by atomic mass is 10.1. The fourth-order valence-corrected chi connectivity index (χ4v) is 4.47. The maximum absolute atomic E-state index is 14.8. The Morgan fingerprint density at radius 2 is 1.76 bits per heavy atom. The summed E-state index contributed by atoms with van der Waals surface area (Å²) in [5.41, 5.74) is -3.37. The van der Waals surface area contributed by atoms with Gasteiger partial charge in [-0.25, -0.2) is 18.2 Å². The van der Waals surface area contributed by atoms with E-state index in [2.05, 4.69) is 4.98 Å². The summed E-state index contributed by atoms with van der Waals surface area (Å²) in [4.78, 5) is 43.5. The SMILES string of the molecule is O=C(NC(C1CC1)C(F)(F)F)c1cn(-c2c(F)cc(F)cc2F)c2nc(N3C[C@@H](O)CC3=O)ccc2c1=O. The number of fused-ring (bicyclic) bond motifs is 1.